The fourth-order valence-corrected chi connectivity index (χ4v) is 4.09. The lowest BCUT2D eigenvalue weighted by atomic mass is 9.68. The van der Waals surface area contributed by atoms with E-state index in [1.54, 1.807) is 6.92 Å². The van der Waals surface area contributed by atoms with Gasteiger partial charge in [0.25, 0.3) is 0 Å². The second-order valence-corrected chi connectivity index (χ2v) is 7.15. The summed E-state index contributed by atoms with van der Waals surface area (Å²) in [5.41, 5.74) is 0.747. The van der Waals surface area contributed by atoms with Gasteiger partial charge < -0.3 is 19.9 Å². The lowest BCUT2D eigenvalue weighted by Gasteiger charge is -2.39. The van der Waals surface area contributed by atoms with Crippen LogP contribution in [0.25, 0.3) is 0 Å². The van der Waals surface area contributed by atoms with Crippen molar-refractivity contribution < 1.29 is 19.4 Å². The fraction of sp³-hybridized carbons (Fsp3) is 0.750. The van der Waals surface area contributed by atoms with Crippen LogP contribution in [0.4, 0.5) is 0 Å². The average Bonchev–Trinajstić information content (AvgIpc) is 2.86. The van der Waals surface area contributed by atoms with E-state index in [4.69, 9.17) is 9.47 Å². The van der Waals surface area contributed by atoms with E-state index in [-0.39, 0.29) is 24.5 Å². The van der Waals surface area contributed by atoms with Crippen molar-refractivity contribution >= 4 is 5.91 Å². The van der Waals surface area contributed by atoms with Crippen LogP contribution < -0.4 is 5.32 Å². The summed E-state index contributed by atoms with van der Waals surface area (Å²) in [7, 11) is 0. The van der Waals surface area contributed by atoms with Gasteiger partial charge >= 0.3 is 0 Å². The Kier molecular flexibility index (Phi) is 8.13. The highest BCUT2D eigenvalue weighted by Gasteiger charge is 2.38. The number of nitrogens with one attached hydrogen (secondary N) is 1. The predicted molar refractivity (Wildman–Crippen MR) is 97.9 cm³/mol. The summed E-state index contributed by atoms with van der Waals surface area (Å²) in [6.07, 6.45) is 7.07. The average molecular weight is 351 g/mol. The smallest absolute Gasteiger partial charge is 0.219 e. The zero-order valence-corrected chi connectivity index (χ0v) is 15.4. The number of carbonyl (C=O) groups excluding carboxylic acids is 1. The molecule has 1 heterocycles. The quantitative estimate of drug-likeness (QED) is 0.401. The number of aliphatic hydroxyl groups excluding tert-OH is 1. The molecule has 5 nitrogen and oxygen atoms in total. The van der Waals surface area contributed by atoms with Crippen LogP contribution in [-0.4, -0.2) is 43.2 Å². The van der Waals surface area contributed by atoms with Crippen LogP contribution in [0.15, 0.2) is 24.8 Å². The topological polar surface area (TPSA) is 67.8 Å². The minimum atomic E-state index is -0.985. The van der Waals surface area contributed by atoms with E-state index >= 15 is 0 Å². The summed E-state index contributed by atoms with van der Waals surface area (Å²) in [5.74, 6) is 1.22. The Labute approximate surface area is 151 Å². The molecular formula is C20H33NO4. The number of aliphatic hydroxyl groups is 1. The number of fused-ring (bicyclic) bond motifs is 1. The highest BCUT2D eigenvalue weighted by molar-refractivity contribution is 5.75. The Morgan fingerprint density at radius 1 is 1.40 bits per heavy atom. The molecule has 1 saturated heterocycles. The van der Waals surface area contributed by atoms with Gasteiger partial charge in [0.2, 0.25) is 5.91 Å². The summed E-state index contributed by atoms with van der Waals surface area (Å²) in [6.45, 7) is 11.2. The lowest BCUT2D eigenvalue weighted by Crippen LogP contribution is -2.36. The molecule has 5 unspecified atom stereocenters. The number of rotatable bonds is 8. The van der Waals surface area contributed by atoms with Crippen LogP contribution in [-0.2, 0) is 14.3 Å². The first-order valence-electron chi connectivity index (χ1n) is 9.56. The zero-order chi connectivity index (χ0) is 18.2. The maximum absolute atomic E-state index is 11.2. The molecule has 2 rings (SSSR count). The molecule has 2 aliphatic rings. The molecule has 0 radical (unpaired) electrons. The Morgan fingerprint density at radius 2 is 2.20 bits per heavy atom. The molecule has 142 valence electrons. The van der Waals surface area contributed by atoms with Gasteiger partial charge in [0.1, 0.15) is 0 Å². The molecule has 0 aromatic carbocycles. The summed E-state index contributed by atoms with van der Waals surface area (Å²) < 4.78 is 11.5. The second kappa shape index (κ2) is 10.1. The van der Waals surface area contributed by atoms with Crippen molar-refractivity contribution in [2.75, 3.05) is 19.8 Å². The number of amides is 1. The fourth-order valence-electron chi connectivity index (χ4n) is 4.09. The van der Waals surface area contributed by atoms with E-state index in [2.05, 4.69) is 18.5 Å². The van der Waals surface area contributed by atoms with Gasteiger partial charge in [-0.3, -0.25) is 4.79 Å². The Balaban J connectivity index is 1.86. The Bertz CT molecular complexity index is 465. The molecule has 5 heteroatoms. The normalized spacial score (nSPS) is 30.6. The molecule has 2 fully saturated rings. The summed E-state index contributed by atoms with van der Waals surface area (Å²) >= 11 is 0. The third-order valence-electron chi connectivity index (χ3n) is 5.61. The van der Waals surface area contributed by atoms with E-state index < -0.39 is 6.29 Å². The molecule has 0 aromatic heterocycles. The summed E-state index contributed by atoms with van der Waals surface area (Å²) in [4.78, 5) is 11.2. The molecular weight excluding hydrogens is 318 g/mol. The first kappa shape index (κ1) is 20.1. The van der Waals surface area contributed by atoms with Gasteiger partial charge in [0.15, 0.2) is 6.29 Å². The first-order valence-corrected chi connectivity index (χ1v) is 9.56. The minimum absolute atomic E-state index is 0.0144. The standard InChI is InChI=1S/C20H33NO4/c1-4-16-10-9-15-7-6-8-17(18(15)13-25-16)14(3)20(23)24-12-11-21-19(22)5-2/h4,15-18,20,23H,1,3,5-13H2,2H3,(H,21,22). The van der Waals surface area contributed by atoms with Crippen molar-refractivity contribution in [3.8, 4) is 0 Å². The van der Waals surface area contributed by atoms with Crippen LogP contribution in [0.1, 0.15) is 45.4 Å². The molecule has 25 heavy (non-hydrogen) atoms. The van der Waals surface area contributed by atoms with E-state index in [0.717, 1.165) is 31.3 Å². The molecule has 1 aliphatic carbocycles. The molecule has 0 bridgehead atoms. The monoisotopic (exact) mass is 351 g/mol. The zero-order valence-electron chi connectivity index (χ0n) is 15.4. The van der Waals surface area contributed by atoms with Crippen molar-refractivity contribution in [2.45, 2.75) is 57.8 Å². The highest BCUT2D eigenvalue weighted by atomic mass is 16.6. The van der Waals surface area contributed by atoms with Crippen molar-refractivity contribution in [2.24, 2.45) is 17.8 Å². The molecule has 1 aliphatic heterocycles. The number of carbonyl (C=O) groups is 1. The van der Waals surface area contributed by atoms with Crippen LogP contribution in [0.2, 0.25) is 0 Å². The molecule has 1 saturated carbocycles. The first-order chi connectivity index (χ1) is 12.1. The van der Waals surface area contributed by atoms with Crippen LogP contribution in [0.3, 0.4) is 0 Å². The van der Waals surface area contributed by atoms with Crippen molar-refractivity contribution in [3.05, 3.63) is 24.8 Å². The summed E-state index contributed by atoms with van der Waals surface area (Å²) in [5, 5.41) is 13.1. The molecule has 5 atom stereocenters. The van der Waals surface area contributed by atoms with Crippen molar-refractivity contribution in [1.82, 2.24) is 5.32 Å². The maximum Gasteiger partial charge on any atom is 0.219 e. The molecule has 0 aromatic rings. The van der Waals surface area contributed by atoms with E-state index in [1.807, 2.05) is 6.08 Å². The van der Waals surface area contributed by atoms with Crippen LogP contribution in [0.5, 0.6) is 0 Å². The third-order valence-corrected chi connectivity index (χ3v) is 5.61. The number of ether oxygens (including phenoxy) is 2. The van der Waals surface area contributed by atoms with E-state index in [0.29, 0.717) is 31.4 Å². The van der Waals surface area contributed by atoms with E-state index in [1.165, 1.54) is 6.42 Å². The van der Waals surface area contributed by atoms with Gasteiger partial charge in [0.05, 0.1) is 19.3 Å². The van der Waals surface area contributed by atoms with Gasteiger partial charge in [-0.2, -0.15) is 0 Å². The van der Waals surface area contributed by atoms with Crippen molar-refractivity contribution in [3.63, 3.8) is 0 Å². The molecule has 0 spiro atoms. The largest absolute Gasteiger partial charge is 0.374 e. The number of hydrogen-bond donors (Lipinski definition) is 2. The van der Waals surface area contributed by atoms with Gasteiger partial charge in [-0.15, -0.1) is 6.58 Å². The predicted octanol–water partition coefficient (Wildman–Crippen LogP) is 2.80. The van der Waals surface area contributed by atoms with E-state index in [9.17, 15) is 9.90 Å². The van der Waals surface area contributed by atoms with Gasteiger partial charge in [-0.05, 0) is 42.6 Å². The lowest BCUT2D eigenvalue weighted by molar-refractivity contribution is -0.122. The van der Waals surface area contributed by atoms with Crippen LogP contribution in [0, 0.1) is 17.8 Å². The SMILES string of the molecule is C=CC1CCC2CCCC(C(=C)C(O)OCCNC(=O)CC)C2CO1. The minimum Gasteiger partial charge on any atom is -0.374 e. The third kappa shape index (κ3) is 5.66. The Morgan fingerprint density at radius 3 is 2.92 bits per heavy atom. The van der Waals surface area contributed by atoms with Gasteiger partial charge in [-0.1, -0.05) is 32.4 Å². The second-order valence-electron chi connectivity index (χ2n) is 7.15. The van der Waals surface area contributed by atoms with Crippen LogP contribution >= 0.6 is 0 Å². The Hall–Kier alpha value is -1.17. The van der Waals surface area contributed by atoms with Gasteiger partial charge in [-0.25, -0.2) is 0 Å². The molecule has 2 N–H and O–H groups in total. The summed E-state index contributed by atoms with van der Waals surface area (Å²) in [6, 6.07) is 0. The maximum atomic E-state index is 11.2. The molecule has 1 amide bonds. The number of hydrogen-bond acceptors (Lipinski definition) is 4. The highest BCUT2D eigenvalue weighted by Crippen LogP contribution is 2.43. The van der Waals surface area contributed by atoms with Crippen molar-refractivity contribution in [1.29, 1.82) is 0 Å². The van der Waals surface area contributed by atoms with Gasteiger partial charge in [0, 0.05) is 13.0 Å².